The number of H-pyrrole nitrogens is 1. The molecule has 1 aliphatic carbocycles. The zero-order valence-corrected chi connectivity index (χ0v) is 17.2. The van der Waals surface area contributed by atoms with Crippen LogP contribution in [0.3, 0.4) is 0 Å². The van der Waals surface area contributed by atoms with Crippen molar-refractivity contribution >= 4 is 17.3 Å². The van der Waals surface area contributed by atoms with Gasteiger partial charge in [-0.15, -0.1) is 0 Å². The number of hydrogen-bond donors (Lipinski definition) is 1. The van der Waals surface area contributed by atoms with Gasteiger partial charge >= 0.3 is 6.18 Å². The Kier molecular flexibility index (Phi) is 4.80. The average Bonchev–Trinajstić information content (AvgIpc) is 3.52. The van der Waals surface area contributed by atoms with Crippen LogP contribution in [0.2, 0.25) is 5.02 Å². The molecule has 1 saturated carbocycles. The van der Waals surface area contributed by atoms with Gasteiger partial charge in [0.2, 0.25) is 0 Å². The maximum absolute atomic E-state index is 13.5. The van der Waals surface area contributed by atoms with Gasteiger partial charge < -0.3 is 9.47 Å². The van der Waals surface area contributed by atoms with E-state index in [-0.39, 0.29) is 23.0 Å². The van der Waals surface area contributed by atoms with Crippen molar-refractivity contribution in [2.24, 2.45) is 0 Å². The molecule has 1 aromatic carbocycles. The van der Waals surface area contributed by atoms with Gasteiger partial charge in [0.25, 0.3) is 5.56 Å². The minimum Gasteiger partial charge on any atom is -0.362 e. The number of hydrogen-bond acceptors (Lipinski definition) is 4. The van der Waals surface area contributed by atoms with Gasteiger partial charge in [0.05, 0.1) is 29.7 Å². The summed E-state index contributed by atoms with van der Waals surface area (Å²) in [5.74, 6) is 1.13. The van der Waals surface area contributed by atoms with Crippen LogP contribution < -0.4 is 10.5 Å². The fraction of sp³-hybridized carbons (Fsp3) is 0.381. The first kappa shape index (κ1) is 20.1. The van der Waals surface area contributed by atoms with Crippen LogP contribution >= 0.6 is 11.6 Å². The van der Waals surface area contributed by atoms with Gasteiger partial charge in [0.1, 0.15) is 10.8 Å². The van der Waals surface area contributed by atoms with Gasteiger partial charge in [-0.25, -0.2) is 10.1 Å². The molecule has 0 spiro atoms. The van der Waals surface area contributed by atoms with Crippen LogP contribution in [0, 0.1) is 0 Å². The van der Waals surface area contributed by atoms with E-state index < -0.39 is 17.3 Å². The molecule has 6 nitrogen and oxygen atoms in total. The van der Waals surface area contributed by atoms with Crippen LogP contribution in [-0.2, 0) is 25.7 Å². The maximum atomic E-state index is 13.5. The first-order chi connectivity index (χ1) is 14.8. The Morgan fingerprint density at radius 3 is 2.74 bits per heavy atom. The number of nitrogens with zero attached hydrogens (tertiary/aromatic N) is 4. The van der Waals surface area contributed by atoms with Crippen molar-refractivity contribution in [1.82, 2.24) is 19.7 Å². The van der Waals surface area contributed by atoms with Gasteiger partial charge in [-0.2, -0.15) is 18.3 Å². The zero-order valence-electron chi connectivity index (χ0n) is 16.4. The van der Waals surface area contributed by atoms with Crippen molar-refractivity contribution in [1.29, 1.82) is 0 Å². The predicted octanol–water partition coefficient (Wildman–Crippen LogP) is 4.13. The smallest absolute Gasteiger partial charge is 0.362 e. The minimum absolute atomic E-state index is 0.0689. The summed E-state index contributed by atoms with van der Waals surface area (Å²) in [6, 6.07) is 5.70. The molecule has 31 heavy (non-hydrogen) atoms. The highest BCUT2D eigenvalue weighted by Crippen LogP contribution is 2.42. The molecule has 1 fully saturated rings. The summed E-state index contributed by atoms with van der Waals surface area (Å²) in [7, 11) is 0. The van der Waals surface area contributed by atoms with Crippen molar-refractivity contribution in [3.05, 3.63) is 74.2 Å². The number of nitrogens with one attached hydrogen (secondary N) is 1. The van der Waals surface area contributed by atoms with E-state index in [0.717, 1.165) is 36.1 Å². The van der Waals surface area contributed by atoms with E-state index in [1.54, 1.807) is 6.07 Å². The maximum Gasteiger partial charge on any atom is 0.416 e. The number of imidazole rings is 1. The van der Waals surface area contributed by atoms with Crippen LogP contribution in [0.4, 0.5) is 18.9 Å². The van der Waals surface area contributed by atoms with E-state index in [0.29, 0.717) is 25.2 Å². The first-order valence-corrected chi connectivity index (χ1v) is 10.4. The SMILES string of the molecule is O=c1[nH]ncc(N2CCc3c(nc(C4CC4)n3Cc3ccccc3C(F)(F)F)C2)c1Cl. The molecule has 1 N–H and O–H groups in total. The lowest BCUT2D eigenvalue weighted by molar-refractivity contribution is -0.138. The third-order valence-corrected chi connectivity index (χ3v) is 6.22. The van der Waals surface area contributed by atoms with Crippen LogP contribution in [0.1, 0.15) is 47.1 Å². The second-order valence-electron chi connectivity index (χ2n) is 7.95. The molecular formula is C21H19ClF3N5O. The molecule has 3 heterocycles. The molecule has 0 amide bonds. The molecule has 0 saturated heterocycles. The molecule has 0 unspecified atom stereocenters. The number of alkyl halides is 3. The van der Waals surface area contributed by atoms with Gasteiger partial charge in [-0.3, -0.25) is 4.79 Å². The molecule has 1 aliphatic heterocycles. The van der Waals surface area contributed by atoms with Crippen molar-refractivity contribution in [2.75, 3.05) is 11.4 Å². The Bertz CT molecular complexity index is 1200. The fourth-order valence-corrected chi connectivity index (χ4v) is 4.41. The molecule has 0 bridgehead atoms. The van der Waals surface area contributed by atoms with Gasteiger partial charge in [-0.1, -0.05) is 29.8 Å². The molecule has 3 aromatic rings. The number of aromatic nitrogens is 4. The topological polar surface area (TPSA) is 66.8 Å². The Morgan fingerprint density at radius 2 is 2.00 bits per heavy atom. The highest BCUT2D eigenvalue weighted by Gasteiger charge is 2.36. The third-order valence-electron chi connectivity index (χ3n) is 5.86. The molecule has 162 valence electrons. The van der Waals surface area contributed by atoms with E-state index in [2.05, 4.69) is 10.2 Å². The van der Waals surface area contributed by atoms with E-state index in [1.807, 2.05) is 9.47 Å². The van der Waals surface area contributed by atoms with Gasteiger partial charge in [-0.05, 0) is 24.5 Å². The summed E-state index contributed by atoms with van der Waals surface area (Å²) in [6.45, 7) is 1.12. The highest BCUT2D eigenvalue weighted by molar-refractivity contribution is 6.32. The lowest BCUT2D eigenvalue weighted by Gasteiger charge is -2.29. The molecule has 10 heteroatoms. The Morgan fingerprint density at radius 1 is 1.23 bits per heavy atom. The summed E-state index contributed by atoms with van der Waals surface area (Å²) < 4.78 is 42.5. The fourth-order valence-electron chi connectivity index (χ4n) is 4.20. The largest absolute Gasteiger partial charge is 0.416 e. The van der Waals surface area contributed by atoms with E-state index in [1.165, 1.54) is 18.3 Å². The Hall–Kier alpha value is -2.81. The summed E-state index contributed by atoms with van der Waals surface area (Å²) in [6.07, 6.45) is -0.327. The van der Waals surface area contributed by atoms with E-state index in [4.69, 9.17) is 16.6 Å². The Labute approximate surface area is 180 Å². The standard InChI is InChI=1S/C21H19ClF3N5O/c22-18-17(9-26-28-20(18)31)29-8-7-16-15(11-29)27-19(12-5-6-12)30(16)10-13-3-1-2-4-14(13)21(23,24)25/h1-4,9,12H,5-8,10-11H2,(H,28,31). The van der Waals surface area contributed by atoms with Crippen LogP contribution in [-0.4, -0.2) is 26.3 Å². The lowest BCUT2D eigenvalue weighted by Crippen LogP contribution is -2.32. The number of fused-ring (bicyclic) bond motifs is 1. The van der Waals surface area contributed by atoms with Crippen molar-refractivity contribution in [3.63, 3.8) is 0 Å². The molecule has 0 atom stereocenters. The number of aromatic amines is 1. The number of rotatable bonds is 4. The second-order valence-corrected chi connectivity index (χ2v) is 8.33. The van der Waals surface area contributed by atoms with Crippen molar-refractivity contribution in [2.45, 2.75) is 44.4 Å². The average molecular weight is 450 g/mol. The summed E-state index contributed by atoms with van der Waals surface area (Å²) in [5.41, 5.74) is 1.45. The molecule has 2 aliphatic rings. The number of anilines is 1. The number of halogens is 4. The Balaban J connectivity index is 1.51. The molecule has 0 radical (unpaired) electrons. The molecule has 2 aromatic heterocycles. The highest BCUT2D eigenvalue weighted by atomic mass is 35.5. The van der Waals surface area contributed by atoms with Gasteiger partial charge in [0.15, 0.2) is 0 Å². The lowest BCUT2D eigenvalue weighted by atomic mass is 10.1. The van der Waals surface area contributed by atoms with Crippen molar-refractivity contribution < 1.29 is 13.2 Å². The van der Waals surface area contributed by atoms with E-state index >= 15 is 0 Å². The monoisotopic (exact) mass is 449 g/mol. The van der Waals surface area contributed by atoms with Crippen molar-refractivity contribution in [3.8, 4) is 0 Å². The van der Waals surface area contributed by atoms with E-state index in [9.17, 15) is 18.0 Å². The summed E-state index contributed by atoms with van der Waals surface area (Å²) in [4.78, 5) is 18.6. The predicted molar refractivity (Wildman–Crippen MR) is 109 cm³/mol. The number of benzene rings is 1. The van der Waals surface area contributed by atoms with Gasteiger partial charge in [0, 0.05) is 31.1 Å². The summed E-state index contributed by atoms with van der Waals surface area (Å²) in [5, 5.41) is 6.20. The van der Waals surface area contributed by atoms with Crippen LogP contribution in [0.5, 0.6) is 0 Å². The second kappa shape index (κ2) is 7.40. The normalized spacial score (nSPS) is 16.5. The zero-order chi connectivity index (χ0) is 21.8. The molecule has 5 rings (SSSR count). The van der Waals surface area contributed by atoms with Crippen LogP contribution in [0.25, 0.3) is 0 Å². The molecular weight excluding hydrogens is 431 g/mol. The third kappa shape index (κ3) is 3.71. The summed E-state index contributed by atoms with van der Waals surface area (Å²) >= 11 is 6.16. The first-order valence-electron chi connectivity index (χ1n) is 10.0. The quantitative estimate of drug-likeness (QED) is 0.650. The minimum atomic E-state index is -4.40. The van der Waals surface area contributed by atoms with Crippen LogP contribution in [0.15, 0.2) is 35.3 Å².